The molecule has 0 saturated heterocycles. The van der Waals surface area contributed by atoms with Gasteiger partial charge in [-0.2, -0.15) is 0 Å². The fourth-order valence-electron chi connectivity index (χ4n) is 4.27. The zero-order valence-electron chi connectivity index (χ0n) is 19.4. The fourth-order valence-corrected chi connectivity index (χ4v) is 4.93. The second-order valence-electron chi connectivity index (χ2n) is 8.34. The molecule has 0 aromatic heterocycles. The molecule has 178 valence electrons. The minimum atomic E-state index is -1.23. The van der Waals surface area contributed by atoms with Crippen LogP contribution in [0.3, 0.4) is 0 Å². The highest BCUT2D eigenvalue weighted by Gasteiger charge is 2.44. The Morgan fingerprint density at radius 3 is 2.32 bits per heavy atom. The molecule has 1 aliphatic rings. The number of ether oxygens (including phenoxy) is 1. The molecule has 3 aromatic carbocycles. The highest BCUT2D eigenvalue weighted by molar-refractivity contribution is 7.84. The van der Waals surface area contributed by atoms with E-state index < -0.39 is 22.3 Å². The summed E-state index contributed by atoms with van der Waals surface area (Å²) in [5, 5.41) is 13.3. The molecule has 0 spiro atoms. The predicted octanol–water partition coefficient (Wildman–Crippen LogP) is 4.20. The first kappa shape index (κ1) is 25.2. The zero-order valence-corrected chi connectivity index (χ0v) is 20.2. The third-order valence-electron chi connectivity index (χ3n) is 5.88. The third-order valence-corrected chi connectivity index (χ3v) is 6.84. The minimum absolute atomic E-state index is 0.406. The van der Waals surface area contributed by atoms with Crippen LogP contribution < -0.4 is 10.1 Å². The molecule has 2 N–H and O–H groups in total. The molecule has 6 nitrogen and oxygen atoms in total. The largest absolute Gasteiger partial charge is 0.492 e. The number of fused-ring (bicyclic) bond motifs is 1. The van der Waals surface area contributed by atoms with Gasteiger partial charge in [-0.25, -0.2) is 4.79 Å². The van der Waals surface area contributed by atoms with Gasteiger partial charge in [0.1, 0.15) is 18.1 Å². The Kier molecular flexibility index (Phi) is 8.23. The van der Waals surface area contributed by atoms with Gasteiger partial charge in [-0.15, -0.1) is 0 Å². The Balaban J connectivity index is 0.00000158. The van der Waals surface area contributed by atoms with Gasteiger partial charge in [-0.05, 0) is 35.7 Å². The summed E-state index contributed by atoms with van der Waals surface area (Å²) in [7, 11) is -1.23. The van der Waals surface area contributed by atoms with E-state index in [9.17, 15) is 14.1 Å². The SMILES string of the molecule is C=O.Cc1cccc(CCOc2cc(NC3(C(=O)O)Cc4ccccc4C3)ccc2S(C)=O)c1. The molecule has 1 atom stereocenters. The van der Waals surface area contributed by atoms with Crippen LogP contribution in [0, 0.1) is 6.92 Å². The Morgan fingerprint density at radius 1 is 1.06 bits per heavy atom. The van der Waals surface area contributed by atoms with E-state index in [0.717, 1.165) is 17.5 Å². The van der Waals surface area contributed by atoms with E-state index in [-0.39, 0.29) is 0 Å². The lowest BCUT2D eigenvalue weighted by molar-refractivity contribution is -0.142. The van der Waals surface area contributed by atoms with E-state index in [1.807, 2.05) is 37.1 Å². The average molecular weight is 480 g/mol. The number of hydrogen-bond donors (Lipinski definition) is 2. The second kappa shape index (κ2) is 11.1. The Bertz CT molecular complexity index is 1170. The molecule has 0 saturated carbocycles. The van der Waals surface area contributed by atoms with E-state index in [4.69, 9.17) is 9.53 Å². The number of aryl methyl sites for hydroxylation is 1. The van der Waals surface area contributed by atoms with Gasteiger partial charge < -0.3 is 20.0 Å². The van der Waals surface area contributed by atoms with Crippen molar-refractivity contribution in [2.75, 3.05) is 18.2 Å². The van der Waals surface area contributed by atoms with Gasteiger partial charge in [0.05, 0.1) is 22.3 Å². The van der Waals surface area contributed by atoms with Crippen LogP contribution in [0.1, 0.15) is 22.3 Å². The van der Waals surface area contributed by atoms with E-state index in [1.54, 1.807) is 24.5 Å². The van der Waals surface area contributed by atoms with Gasteiger partial charge in [0.2, 0.25) is 0 Å². The molecule has 0 fully saturated rings. The summed E-state index contributed by atoms with van der Waals surface area (Å²) in [5.41, 5.74) is 3.98. The van der Waals surface area contributed by atoms with Crippen molar-refractivity contribution in [1.82, 2.24) is 0 Å². The molecule has 0 aliphatic heterocycles. The highest BCUT2D eigenvalue weighted by Crippen LogP contribution is 2.35. The summed E-state index contributed by atoms with van der Waals surface area (Å²) in [6.07, 6.45) is 3.15. The lowest BCUT2D eigenvalue weighted by Crippen LogP contribution is -2.47. The van der Waals surface area contributed by atoms with E-state index in [2.05, 4.69) is 30.4 Å². The Hall–Kier alpha value is -3.45. The number of aliphatic carboxylic acids is 1. The molecule has 0 amide bonds. The topological polar surface area (TPSA) is 92.7 Å². The van der Waals surface area contributed by atoms with Crippen LogP contribution in [0.2, 0.25) is 0 Å². The smallest absolute Gasteiger partial charge is 0.330 e. The zero-order chi connectivity index (χ0) is 24.7. The normalized spacial score (nSPS) is 14.3. The van der Waals surface area contributed by atoms with Gasteiger partial charge in [-0.3, -0.25) is 4.21 Å². The summed E-state index contributed by atoms with van der Waals surface area (Å²) in [5.74, 6) is -0.377. The molecule has 7 heteroatoms. The van der Waals surface area contributed by atoms with Crippen LogP contribution in [-0.4, -0.2) is 40.5 Å². The maximum Gasteiger partial charge on any atom is 0.330 e. The summed E-state index contributed by atoms with van der Waals surface area (Å²) >= 11 is 0. The number of rotatable bonds is 8. The number of carboxylic acids is 1. The van der Waals surface area contributed by atoms with Gasteiger partial charge in [-0.1, -0.05) is 54.1 Å². The molecule has 1 unspecified atom stereocenters. The van der Waals surface area contributed by atoms with E-state index in [0.29, 0.717) is 35.8 Å². The molecule has 4 rings (SSSR count). The number of carbonyl (C=O) groups is 2. The third kappa shape index (κ3) is 5.72. The molecule has 1 aliphatic carbocycles. The summed E-state index contributed by atoms with van der Waals surface area (Å²) in [6.45, 7) is 4.49. The van der Waals surface area contributed by atoms with Crippen LogP contribution in [0.15, 0.2) is 71.6 Å². The van der Waals surface area contributed by atoms with Crippen molar-refractivity contribution in [3.05, 3.63) is 89.0 Å². The van der Waals surface area contributed by atoms with Crippen LogP contribution in [0.4, 0.5) is 5.69 Å². The number of anilines is 1. The summed E-state index contributed by atoms with van der Waals surface area (Å²) < 4.78 is 18.3. The molecular weight excluding hydrogens is 450 g/mol. The molecule has 0 bridgehead atoms. The number of hydrogen-bond acceptors (Lipinski definition) is 5. The van der Waals surface area contributed by atoms with Crippen molar-refractivity contribution in [1.29, 1.82) is 0 Å². The molecular formula is C27H29NO5S. The van der Waals surface area contributed by atoms with E-state index in [1.165, 1.54) is 11.1 Å². The first-order valence-corrected chi connectivity index (χ1v) is 12.5. The standard InChI is InChI=1S/C26H27NO4S.CH2O/c1-18-6-5-7-19(14-18)12-13-31-23-15-22(10-11-24(23)32(2)30)27-26(25(28)29)16-20-8-3-4-9-21(20)17-26;1-2/h3-11,14-15,27H,12-13,16-17H2,1-2H3,(H,28,29);1H2. The van der Waals surface area contributed by atoms with Crippen molar-refractivity contribution in [2.45, 2.75) is 36.6 Å². The maximum absolute atomic E-state index is 12.3. The van der Waals surface area contributed by atoms with Crippen molar-refractivity contribution in [3.63, 3.8) is 0 Å². The average Bonchev–Trinajstić information content (AvgIpc) is 3.20. The number of carbonyl (C=O) groups excluding carboxylic acids is 1. The fraction of sp³-hybridized carbons (Fsp3) is 0.259. The van der Waals surface area contributed by atoms with Crippen molar-refractivity contribution in [3.8, 4) is 5.75 Å². The maximum atomic E-state index is 12.3. The molecule has 0 heterocycles. The predicted molar refractivity (Wildman–Crippen MR) is 134 cm³/mol. The number of benzene rings is 3. The Labute approximate surface area is 202 Å². The van der Waals surface area contributed by atoms with Gasteiger partial charge in [0.25, 0.3) is 0 Å². The summed E-state index contributed by atoms with van der Waals surface area (Å²) in [4.78, 5) is 20.9. The number of carboxylic acid groups (broad SMARTS) is 1. The van der Waals surface area contributed by atoms with Crippen LogP contribution in [-0.2, 0) is 39.7 Å². The minimum Gasteiger partial charge on any atom is -0.492 e. The monoisotopic (exact) mass is 479 g/mol. The molecule has 0 radical (unpaired) electrons. The molecule has 3 aromatic rings. The van der Waals surface area contributed by atoms with E-state index >= 15 is 0 Å². The van der Waals surface area contributed by atoms with Crippen LogP contribution in [0.25, 0.3) is 0 Å². The quantitative estimate of drug-likeness (QED) is 0.503. The van der Waals surface area contributed by atoms with Gasteiger partial charge in [0.15, 0.2) is 0 Å². The van der Waals surface area contributed by atoms with Crippen molar-refractivity contribution in [2.24, 2.45) is 0 Å². The first-order valence-electron chi connectivity index (χ1n) is 10.9. The van der Waals surface area contributed by atoms with Gasteiger partial charge in [0, 0.05) is 37.3 Å². The Morgan fingerprint density at radius 2 is 1.74 bits per heavy atom. The lowest BCUT2D eigenvalue weighted by atomic mass is 9.95. The lowest BCUT2D eigenvalue weighted by Gasteiger charge is -2.27. The summed E-state index contributed by atoms with van der Waals surface area (Å²) in [6, 6.07) is 21.4. The second-order valence-corrected chi connectivity index (χ2v) is 9.69. The van der Waals surface area contributed by atoms with Crippen molar-refractivity contribution >= 4 is 29.2 Å². The first-order chi connectivity index (χ1) is 16.4. The number of nitrogens with one attached hydrogen (secondary N) is 1. The highest BCUT2D eigenvalue weighted by atomic mass is 32.2. The van der Waals surface area contributed by atoms with Crippen LogP contribution >= 0.6 is 0 Å². The van der Waals surface area contributed by atoms with Crippen molar-refractivity contribution < 1.29 is 23.6 Å². The molecule has 34 heavy (non-hydrogen) atoms. The van der Waals surface area contributed by atoms with Crippen LogP contribution in [0.5, 0.6) is 5.75 Å². The van der Waals surface area contributed by atoms with Gasteiger partial charge >= 0.3 is 5.97 Å².